The molecule has 1 N–H and O–H groups in total. The largest absolute Gasteiger partial charge is 0.480 e. The Kier molecular flexibility index (Phi) is 3.36. The van der Waals surface area contributed by atoms with Gasteiger partial charge in [0.25, 0.3) is 0 Å². The average Bonchev–Trinajstić information content (AvgIpc) is 1.81. The van der Waals surface area contributed by atoms with E-state index < -0.39 is 12.0 Å². The fraction of sp³-hybridized carbons (Fsp3) is 0.667. The van der Waals surface area contributed by atoms with E-state index in [1.807, 2.05) is 0 Å². The van der Waals surface area contributed by atoms with Crippen LogP contribution >= 0.6 is 0 Å². The zero-order valence-corrected chi connectivity index (χ0v) is 5.87. The Hall–Kier alpha value is -1.15. The highest BCUT2D eigenvalue weighted by Gasteiger charge is 2.19. The summed E-state index contributed by atoms with van der Waals surface area (Å²) < 4.78 is 0. The van der Waals surface area contributed by atoms with Gasteiger partial charge in [0, 0.05) is 0 Å². The molecule has 0 amide bonds. The number of hydrogen-bond donors (Lipinski definition) is 1. The van der Waals surface area contributed by atoms with Gasteiger partial charge in [0.1, 0.15) is 0 Å². The summed E-state index contributed by atoms with van der Waals surface area (Å²) in [6, 6.07) is -0.947. The van der Waals surface area contributed by atoms with Gasteiger partial charge in [-0.1, -0.05) is 13.8 Å². The monoisotopic (exact) mass is 143 g/mol. The van der Waals surface area contributed by atoms with Crippen molar-refractivity contribution >= 4 is 12.0 Å². The molecule has 0 saturated heterocycles. The minimum absolute atomic E-state index is 0.168. The van der Waals surface area contributed by atoms with Gasteiger partial charge in [-0.15, -0.1) is 0 Å². The van der Waals surface area contributed by atoms with Crippen LogP contribution in [0.2, 0.25) is 0 Å². The van der Waals surface area contributed by atoms with Gasteiger partial charge in [-0.25, -0.2) is 9.59 Å². The van der Waals surface area contributed by atoms with E-state index in [9.17, 15) is 9.59 Å². The predicted octanol–water partition coefficient (Wildman–Crippen LogP) is 0.431. The first-order valence-corrected chi connectivity index (χ1v) is 2.89. The van der Waals surface area contributed by atoms with Gasteiger partial charge in [0.15, 0.2) is 6.04 Å². The Morgan fingerprint density at radius 3 is 2.20 bits per heavy atom. The molecule has 0 heterocycles. The van der Waals surface area contributed by atoms with Crippen LogP contribution in [0, 0.1) is 5.92 Å². The minimum atomic E-state index is -1.08. The molecule has 0 rings (SSSR count). The topological polar surface area (TPSA) is 66.7 Å². The average molecular weight is 143 g/mol. The minimum Gasteiger partial charge on any atom is -0.480 e. The van der Waals surface area contributed by atoms with E-state index in [-0.39, 0.29) is 5.92 Å². The van der Waals surface area contributed by atoms with Crippen LogP contribution in [-0.4, -0.2) is 23.2 Å². The van der Waals surface area contributed by atoms with E-state index >= 15 is 0 Å². The van der Waals surface area contributed by atoms with Crippen LogP contribution < -0.4 is 0 Å². The molecule has 4 heteroatoms. The van der Waals surface area contributed by atoms with Gasteiger partial charge in [0.2, 0.25) is 6.08 Å². The third kappa shape index (κ3) is 2.42. The summed E-state index contributed by atoms with van der Waals surface area (Å²) >= 11 is 0. The smallest absolute Gasteiger partial charge is 0.329 e. The molecular formula is C6H9NO3. The van der Waals surface area contributed by atoms with Crippen LogP contribution in [0.3, 0.4) is 0 Å². The Labute approximate surface area is 58.6 Å². The molecule has 10 heavy (non-hydrogen) atoms. The normalized spacial score (nSPS) is 12.3. The molecular weight excluding hydrogens is 134 g/mol. The van der Waals surface area contributed by atoms with E-state index in [1.54, 1.807) is 13.8 Å². The molecule has 0 aliphatic heterocycles. The molecule has 4 nitrogen and oxygen atoms in total. The summed E-state index contributed by atoms with van der Waals surface area (Å²) in [5.74, 6) is -1.25. The van der Waals surface area contributed by atoms with Crippen LogP contribution in [0.1, 0.15) is 13.8 Å². The predicted molar refractivity (Wildman–Crippen MR) is 34.4 cm³/mol. The van der Waals surface area contributed by atoms with Crippen molar-refractivity contribution in [3.8, 4) is 0 Å². The summed E-state index contributed by atoms with van der Waals surface area (Å²) in [7, 11) is 0. The zero-order chi connectivity index (χ0) is 8.15. The first kappa shape index (κ1) is 8.85. The van der Waals surface area contributed by atoms with Crippen molar-refractivity contribution < 1.29 is 14.7 Å². The standard InChI is InChI=1S/C6H9NO3/c1-4(2)5(6(9)10)7-3-8/h4-5H,1-2H3,(H,9,10)/t5-/m1/s1. The number of aliphatic carboxylic acids is 1. The highest BCUT2D eigenvalue weighted by Crippen LogP contribution is 2.04. The van der Waals surface area contributed by atoms with Crippen molar-refractivity contribution in [3.63, 3.8) is 0 Å². The summed E-state index contributed by atoms with van der Waals surface area (Å²) in [6.45, 7) is 3.36. The quantitative estimate of drug-likeness (QED) is 0.460. The molecule has 0 spiro atoms. The first-order chi connectivity index (χ1) is 4.59. The molecule has 56 valence electrons. The molecule has 0 saturated carbocycles. The Morgan fingerprint density at radius 1 is 1.60 bits per heavy atom. The lowest BCUT2D eigenvalue weighted by molar-refractivity contribution is -0.139. The molecule has 0 aromatic carbocycles. The van der Waals surface area contributed by atoms with Crippen molar-refractivity contribution in [1.82, 2.24) is 0 Å². The van der Waals surface area contributed by atoms with Gasteiger partial charge in [-0.3, -0.25) is 0 Å². The molecule has 0 fully saturated rings. The summed E-state index contributed by atoms with van der Waals surface area (Å²) in [5.41, 5.74) is 0. The molecule has 0 bridgehead atoms. The summed E-state index contributed by atoms with van der Waals surface area (Å²) in [5, 5.41) is 8.40. The second kappa shape index (κ2) is 3.80. The fourth-order valence-electron chi connectivity index (χ4n) is 0.546. The number of hydrogen-bond acceptors (Lipinski definition) is 3. The van der Waals surface area contributed by atoms with E-state index in [0.717, 1.165) is 0 Å². The van der Waals surface area contributed by atoms with Crippen molar-refractivity contribution in [3.05, 3.63) is 0 Å². The highest BCUT2D eigenvalue weighted by molar-refractivity contribution is 5.74. The Morgan fingerprint density at radius 2 is 2.10 bits per heavy atom. The lowest BCUT2D eigenvalue weighted by atomic mass is 10.1. The van der Waals surface area contributed by atoms with Crippen molar-refractivity contribution in [2.75, 3.05) is 0 Å². The number of carbonyl (C=O) groups excluding carboxylic acids is 1. The van der Waals surface area contributed by atoms with Gasteiger partial charge in [-0.2, -0.15) is 4.99 Å². The molecule has 1 atom stereocenters. The lowest BCUT2D eigenvalue weighted by Gasteiger charge is -2.07. The van der Waals surface area contributed by atoms with Crippen molar-refractivity contribution in [1.29, 1.82) is 0 Å². The van der Waals surface area contributed by atoms with Crippen molar-refractivity contribution in [2.24, 2.45) is 10.9 Å². The van der Waals surface area contributed by atoms with Crippen LogP contribution in [-0.2, 0) is 9.59 Å². The number of aliphatic imine (C=N–C) groups is 1. The number of nitrogens with zero attached hydrogens (tertiary/aromatic N) is 1. The van der Waals surface area contributed by atoms with Gasteiger partial charge < -0.3 is 5.11 Å². The van der Waals surface area contributed by atoms with Gasteiger partial charge in [0.05, 0.1) is 0 Å². The van der Waals surface area contributed by atoms with E-state index in [1.165, 1.54) is 6.08 Å². The van der Waals surface area contributed by atoms with E-state index in [4.69, 9.17) is 5.11 Å². The van der Waals surface area contributed by atoms with Gasteiger partial charge in [-0.05, 0) is 5.92 Å². The molecule has 0 aromatic heterocycles. The van der Waals surface area contributed by atoms with Crippen LogP contribution in [0.25, 0.3) is 0 Å². The van der Waals surface area contributed by atoms with E-state index in [2.05, 4.69) is 4.99 Å². The number of isocyanates is 1. The summed E-state index contributed by atoms with van der Waals surface area (Å²) in [4.78, 5) is 23.0. The third-order valence-electron chi connectivity index (χ3n) is 1.08. The maximum atomic E-state index is 10.3. The Bertz CT molecular complexity index is 168. The number of carbonyl (C=O) groups is 1. The second-order valence-electron chi connectivity index (χ2n) is 2.25. The first-order valence-electron chi connectivity index (χ1n) is 2.89. The number of carboxylic acid groups (broad SMARTS) is 1. The maximum absolute atomic E-state index is 10.3. The van der Waals surface area contributed by atoms with Gasteiger partial charge >= 0.3 is 5.97 Å². The number of carboxylic acids is 1. The highest BCUT2D eigenvalue weighted by atomic mass is 16.4. The van der Waals surface area contributed by atoms with Crippen LogP contribution in [0.4, 0.5) is 0 Å². The maximum Gasteiger partial charge on any atom is 0.329 e. The number of rotatable bonds is 3. The van der Waals surface area contributed by atoms with E-state index in [0.29, 0.717) is 0 Å². The zero-order valence-electron chi connectivity index (χ0n) is 5.87. The molecule has 0 aromatic rings. The molecule has 0 aliphatic rings. The fourth-order valence-corrected chi connectivity index (χ4v) is 0.546. The third-order valence-corrected chi connectivity index (χ3v) is 1.08. The second-order valence-corrected chi connectivity index (χ2v) is 2.25. The lowest BCUT2D eigenvalue weighted by Crippen LogP contribution is -2.23. The van der Waals surface area contributed by atoms with Crippen molar-refractivity contribution in [2.45, 2.75) is 19.9 Å². The van der Waals surface area contributed by atoms with Crippen LogP contribution in [0.5, 0.6) is 0 Å². The van der Waals surface area contributed by atoms with Crippen LogP contribution in [0.15, 0.2) is 4.99 Å². The Balaban J connectivity index is 4.26. The summed E-state index contributed by atoms with van der Waals surface area (Å²) in [6.07, 6.45) is 1.22. The SMILES string of the molecule is CC(C)[C@@H](N=C=O)C(=O)O. The molecule has 0 aliphatic carbocycles. The molecule has 0 radical (unpaired) electrons. The molecule has 0 unspecified atom stereocenters.